The second-order valence-corrected chi connectivity index (χ2v) is 6.62. The predicted octanol–water partition coefficient (Wildman–Crippen LogP) is 6.27. The molecule has 1 fully saturated rings. The molecule has 1 aromatic rings. The summed E-state index contributed by atoms with van der Waals surface area (Å²) in [5.74, 6) is 7.18. The van der Waals surface area contributed by atoms with Crippen LogP contribution in [0, 0.1) is 23.7 Å². The van der Waals surface area contributed by atoms with Crippen molar-refractivity contribution in [2.45, 2.75) is 64.4 Å². The topological polar surface area (TPSA) is 9.23 Å². The summed E-state index contributed by atoms with van der Waals surface area (Å²) in [4.78, 5) is 0. The van der Waals surface area contributed by atoms with Crippen molar-refractivity contribution in [1.82, 2.24) is 0 Å². The number of hydrogen-bond acceptors (Lipinski definition) is 1. The van der Waals surface area contributed by atoms with Crippen LogP contribution in [-0.4, -0.2) is 12.5 Å². The van der Waals surface area contributed by atoms with Gasteiger partial charge in [-0.2, -0.15) is 17.6 Å². The van der Waals surface area contributed by atoms with Crippen molar-refractivity contribution in [1.29, 1.82) is 0 Å². The number of unbranched alkanes of at least 4 members (excludes halogenated alkanes) is 1. The molecule has 0 bridgehead atoms. The van der Waals surface area contributed by atoms with E-state index < -0.39 is 12.5 Å². The number of benzene rings is 1. The van der Waals surface area contributed by atoms with Gasteiger partial charge in [0.2, 0.25) is 0 Å². The van der Waals surface area contributed by atoms with Crippen LogP contribution in [0.25, 0.3) is 0 Å². The lowest BCUT2D eigenvalue weighted by Crippen LogP contribution is -2.33. The molecular formula is C20H24F4O. The molecule has 0 heterocycles. The number of ether oxygens (including phenoxy) is 1. The molecular weight excluding hydrogens is 332 g/mol. The van der Waals surface area contributed by atoms with Gasteiger partial charge < -0.3 is 4.74 Å². The quantitative estimate of drug-likeness (QED) is 0.431. The molecule has 0 spiro atoms. The molecule has 2 rings (SSSR count). The summed E-state index contributed by atoms with van der Waals surface area (Å²) >= 11 is 0. The molecule has 1 nitrogen and oxygen atoms in total. The van der Waals surface area contributed by atoms with Gasteiger partial charge in [0.15, 0.2) is 0 Å². The Balaban J connectivity index is 1.85. The second kappa shape index (κ2) is 9.12. The molecule has 1 aliphatic carbocycles. The minimum Gasteiger partial charge on any atom is -0.428 e. The lowest BCUT2D eigenvalue weighted by atomic mass is 9.80. The van der Waals surface area contributed by atoms with Gasteiger partial charge in [-0.25, -0.2) is 0 Å². The Bertz CT molecular complexity index is 578. The summed E-state index contributed by atoms with van der Waals surface area (Å²) in [7, 11) is 0. The Morgan fingerprint density at radius 1 is 1.12 bits per heavy atom. The number of alkyl halides is 4. The molecule has 1 aromatic carbocycles. The molecule has 1 aliphatic rings. The van der Waals surface area contributed by atoms with Crippen LogP contribution in [0.1, 0.15) is 57.4 Å². The number of hydrogen-bond donors (Lipinski definition) is 0. The highest BCUT2D eigenvalue weighted by molar-refractivity contribution is 5.38. The summed E-state index contributed by atoms with van der Waals surface area (Å²) in [6.07, 6.45) is 0.128. The third-order valence-corrected chi connectivity index (χ3v) is 4.60. The van der Waals surface area contributed by atoms with Crippen molar-refractivity contribution in [3.8, 4) is 17.6 Å². The Hall–Kier alpha value is -1.70. The van der Waals surface area contributed by atoms with Gasteiger partial charge in [0.1, 0.15) is 5.75 Å². The average molecular weight is 356 g/mol. The van der Waals surface area contributed by atoms with Crippen molar-refractivity contribution in [3.63, 3.8) is 0 Å². The first kappa shape index (κ1) is 19.6. The van der Waals surface area contributed by atoms with Gasteiger partial charge in [0, 0.05) is 11.5 Å². The highest BCUT2D eigenvalue weighted by atomic mass is 19.3. The Morgan fingerprint density at radius 2 is 1.76 bits per heavy atom. The highest BCUT2D eigenvalue weighted by Gasteiger charge is 2.43. The minimum absolute atomic E-state index is 0.299. The third-order valence-electron chi connectivity index (χ3n) is 4.60. The van der Waals surface area contributed by atoms with Gasteiger partial charge in [0.05, 0.1) is 0 Å². The third kappa shape index (κ3) is 6.26. The summed E-state index contributed by atoms with van der Waals surface area (Å²) in [5, 5.41) is 0. The maximum absolute atomic E-state index is 12.8. The second-order valence-electron chi connectivity index (χ2n) is 6.62. The fourth-order valence-electron chi connectivity index (χ4n) is 3.08. The molecule has 0 N–H and O–H groups in total. The van der Waals surface area contributed by atoms with Gasteiger partial charge in [-0.3, -0.25) is 0 Å². The zero-order valence-corrected chi connectivity index (χ0v) is 14.4. The largest absolute Gasteiger partial charge is 0.461 e. The van der Waals surface area contributed by atoms with Gasteiger partial charge >= 0.3 is 12.5 Å². The average Bonchev–Trinajstić information content (AvgIpc) is 2.60. The monoisotopic (exact) mass is 356 g/mol. The molecule has 5 heteroatoms. The van der Waals surface area contributed by atoms with E-state index in [1.807, 2.05) is 0 Å². The SMILES string of the molecule is CCCCC1CCC(C#Cc2ccc(OC(F)(F)C(F)F)cc2)CC1. The molecule has 0 amide bonds. The molecule has 0 aromatic heterocycles. The molecule has 0 saturated heterocycles. The van der Waals surface area contributed by atoms with Crippen LogP contribution in [0.15, 0.2) is 24.3 Å². The van der Waals surface area contributed by atoms with E-state index in [-0.39, 0.29) is 5.75 Å². The molecule has 25 heavy (non-hydrogen) atoms. The minimum atomic E-state index is -4.48. The Kier molecular flexibility index (Phi) is 7.16. The van der Waals surface area contributed by atoms with E-state index in [0.29, 0.717) is 11.5 Å². The van der Waals surface area contributed by atoms with Gasteiger partial charge in [0.25, 0.3) is 0 Å². The van der Waals surface area contributed by atoms with E-state index >= 15 is 0 Å². The van der Waals surface area contributed by atoms with E-state index in [1.165, 1.54) is 56.4 Å². The van der Waals surface area contributed by atoms with Crippen molar-refractivity contribution >= 4 is 0 Å². The molecule has 0 atom stereocenters. The smallest absolute Gasteiger partial charge is 0.428 e. The first-order chi connectivity index (χ1) is 11.9. The fraction of sp³-hybridized carbons (Fsp3) is 0.600. The van der Waals surface area contributed by atoms with Crippen LogP contribution in [0.3, 0.4) is 0 Å². The van der Waals surface area contributed by atoms with Gasteiger partial charge in [-0.05, 0) is 55.9 Å². The van der Waals surface area contributed by atoms with E-state index in [0.717, 1.165) is 18.8 Å². The van der Waals surface area contributed by atoms with E-state index in [1.54, 1.807) is 0 Å². The van der Waals surface area contributed by atoms with Crippen LogP contribution in [-0.2, 0) is 0 Å². The van der Waals surface area contributed by atoms with E-state index in [9.17, 15) is 17.6 Å². The van der Waals surface area contributed by atoms with Crippen molar-refractivity contribution in [2.24, 2.45) is 11.8 Å². The number of rotatable bonds is 6. The fourth-order valence-corrected chi connectivity index (χ4v) is 3.08. The zero-order chi connectivity index (χ0) is 18.3. The standard InChI is InChI=1S/C20H24F4O/c1-2-3-4-15-5-7-16(8-6-15)9-10-17-11-13-18(14-12-17)25-20(23,24)19(21)22/h11-16,19H,2-8H2,1H3. The maximum Gasteiger partial charge on any atom is 0.461 e. The summed E-state index contributed by atoms with van der Waals surface area (Å²) in [6.45, 7) is 2.21. The van der Waals surface area contributed by atoms with Crippen LogP contribution in [0.2, 0.25) is 0 Å². The Labute approximate surface area is 146 Å². The molecule has 0 radical (unpaired) electrons. The van der Waals surface area contributed by atoms with Crippen molar-refractivity contribution in [2.75, 3.05) is 0 Å². The van der Waals surface area contributed by atoms with Gasteiger partial charge in [-0.1, -0.05) is 38.0 Å². The van der Waals surface area contributed by atoms with Crippen molar-refractivity contribution < 1.29 is 22.3 Å². The maximum atomic E-state index is 12.8. The summed E-state index contributed by atoms with van der Waals surface area (Å²) in [5.41, 5.74) is 0.667. The van der Waals surface area contributed by atoms with Crippen LogP contribution in [0.5, 0.6) is 5.75 Å². The molecule has 0 unspecified atom stereocenters. The first-order valence-corrected chi connectivity index (χ1v) is 8.87. The lowest BCUT2D eigenvalue weighted by molar-refractivity contribution is -0.253. The van der Waals surface area contributed by atoms with Gasteiger partial charge in [-0.15, -0.1) is 0 Å². The first-order valence-electron chi connectivity index (χ1n) is 8.87. The van der Waals surface area contributed by atoms with E-state index in [2.05, 4.69) is 23.5 Å². The van der Waals surface area contributed by atoms with E-state index in [4.69, 9.17) is 0 Å². The molecule has 0 aliphatic heterocycles. The lowest BCUT2D eigenvalue weighted by Gasteiger charge is -2.25. The molecule has 1 saturated carbocycles. The Morgan fingerprint density at radius 3 is 2.32 bits per heavy atom. The summed E-state index contributed by atoms with van der Waals surface area (Å²) < 4.78 is 53.9. The highest BCUT2D eigenvalue weighted by Crippen LogP contribution is 2.31. The predicted molar refractivity (Wildman–Crippen MR) is 89.9 cm³/mol. The normalized spacial score (nSPS) is 20.9. The zero-order valence-electron chi connectivity index (χ0n) is 14.4. The summed E-state index contributed by atoms with van der Waals surface area (Å²) in [6, 6.07) is 5.50. The van der Waals surface area contributed by atoms with Crippen LogP contribution < -0.4 is 4.74 Å². The van der Waals surface area contributed by atoms with Crippen molar-refractivity contribution in [3.05, 3.63) is 29.8 Å². The van der Waals surface area contributed by atoms with Crippen LogP contribution >= 0.6 is 0 Å². The number of halogens is 4. The van der Waals surface area contributed by atoms with Crippen LogP contribution in [0.4, 0.5) is 17.6 Å². The molecule has 138 valence electrons.